The van der Waals surface area contributed by atoms with Crippen LogP contribution in [0.1, 0.15) is 41.4 Å². The van der Waals surface area contributed by atoms with Crippen molar-refractivity contribution in [3.63, 3.8) is 0 Å². The quantitative estimate of drug-likeness (QED) is 0.333. The highest BCUT2D eigenvalue weighted by Gasteiger charge is 2.19. The van der Waals surface area contributed by atoms with Crippen molar-refractivity contribution in [3.05, 3.63) is 0 Å². The molecule has 2 N–H and O–H groups in total. The summed E-state index contributed by atoms with van der Waals surface area (Å²) in [5, 5.41) is 8.80. The SMILES string of the molecule is [2H][13CH2]C(CCCCOC(C)(C)OC)(CO[2H])O[2H]. The predicted octanol–water partition coefficient (Wildman–Crippen LogP) is 1.30. The summed E-state index contributed by atoms with van der Waals surface area (Å²) in [4.78, 5) is 0. The van der Waals surface area contributed by atoms with Crippen molar-refractivity contribution in [2.45, 2.75) is 51.4 Å². The molecule has 92 valence electrons. The highest BCUT2D eigenvalue weighted by Crippen LogP contribution is 2.14. The van der Waals surface area contributed by atoms with Crippen LogP contribution in [0, 0.1) is 0 Å². The third-order valence-electron chi connectivity index (χ3n) is 2.23. The van der Waals surface area contributed by atoms with Gasteiger partial charge < -0.3 is 19.7 Å². The molecule has 0 bridgehead atoms. The van der Waals surface area contributed by atoms with Crippen LogP contribution in [0.4, 0.5) is 0 Å². The molecule has 15 heavy (non-hydrogen) atoms. The molecule has 0 rings (SSSR count). The van der Waals surface area contributed by atoms with Crippen molar-refractivity contribution in [1.82, 2.24) is 0 Å². The van der Waals surface area contributed by atoms with E-state index in [1.807, 2.05) is 13.8 Å². The van der Waals surface area contributed by atoms with E-state index in [0.717, 1.165) is 12.8 Å². The Kier molecular flexibility index (Phi) is 4.30. The molecule has 1 atom stereocenters. The number of hydrogen-bond acceptors (Lipinski definition) is 4. The fraction of sp³-hybridized carbons (Fsp3) is 1.00. The van der Waals surface area contributed by atoms with Gasteiger partial charge in [-0.1, -0.05) is 0 Å². The van der Waals surface area contributed by atoms with Crippen molar-refractivity contribution in [2.24, 2.45) is 0 Å². The minimum atomic E-state index is -1.00. The predicted molar refractivity (Wildman–Crippen MR) is 58.6 cm³/mol. The molecule has 1 unspecified atom stereocenters. The van der Waals surface area contributed by atoms with E-state index in [0.29, 0.717) is 13.0 Å². The number of aliphatic hydroxyl groups is 2. The number of rotatable bonds is 10. The van der Waals surface area contributed by atoms with Gasteiger partial charge in [-0.05, 0) is 40.0 Å². The fourth-order valence-corrected chi connectivity index (χ4v) is 0.998. The van der Waals surface area contributed by atoms with Crippen molar-refractivity contribution < 1.29 is 21.1 Å². The molecule has 0 aromatic carbocycles. The first kappa shape index (κ1) is 10.0. The Morgan fingerprint density at radius 1 is 1.40 bits per heavy atom. The Labute approximate surface area is 96.6 Å². The average molecular weight is 224 g/mol. The lowest BCUT2D eigenvalue weighted by Gasteiger charge is -2.24. The topological polar surface area (TPSA) is 58.9 Å². The van der Waals surface area contributed by atoms with Gasteiger partial charge in [-0.3, -0.25) is 0 Å². The Morgan fingerprint density at radius 3 is 2.73 bits per heavy atom. The zero-order valence-electron chi connectivity index (χ0n) is 12.9. The van der Waals surface area contributed by atoms with Crippen LogP contribution >= 0.6 is 0 Å². The normalized spacial score (nSPS) is 19.0. The molecule has 0 amide bonds. The van der Waals surface area contributed by atoms with Crippen molar-refractivity contribution in [3.8, 4) is 0 Å². The van der Waals surface area contributed by atoms with E-state index in [1.54, 1.807) is 7.11 Å². The first-order valence-corrected chi connectivity index (χ1v) is 5.16. The van der Waals surface area contributed by atoms with Crippen LogP contribution in [0.25, 0.3) is 0 Å². The van der Waals surface area contributed by atoms with Gasteiger partial charge >= 0.3 is 0 Å². The fourth-order valence-electron chi connectivity index (χ4n) is 0.998. The molecular weight excluding hydrogens is 197 g/mol. The van der Waals surface area contributed by atoms with Crippen LogP contribution < -0.4 is 0 Å². The van der Waals surface area contributed by atoms with E-state index in [1.165, 1.54) is 0 Å². The standard InChI is InChI=1S/C11H24O4/c1-10(2,14-4)15-8-6-5-7-11(3,13)9-12/h12-13H,5-9H2,1-4H3/i3+1D,12D,13D. The zero-order chi connectivity index (χ0) is 14.1. The molecule has 0 aromatic rings. The van der Waals surface area contributed by atoms with E-state index in [2.05, 4.69) is 10.2 Å². The molecule has 0 radical (unpaired) electrons. The summed E-state index contributed by atoms with van der Waals surface area (Å²) in [7, 11) is 1.59. The summed E-state index contributed by atoms with van der Waals surface area (Å²) >= 11 is 0. The second-order valence-corrected chi connectivity index (χ2v) is 4.24. The highest BCUT2D eigenvalue weighted by atomic mass is 16.7. The maximum absolute atomic E-state index is 7.36. The summed E-state index contributed by atoms with van der Waals surface area (Å²) in [5.74, 6) is -0.595. The lowest BCUT2D eigenvalue weighted by atomic mass is 10.1. The third kappa shape index (κ3) is 7.73. The smallest absolute Gasteiger partial charge is 0.211 e. The first-order chi connectivity index (χ1) is 8.45. The summed E-state index contributed by atoms with van der Waals surface area (Å²) in [5.41, 5.74) is -1.00. The van der Waals surface area contributed by atoms with Gasteiger partial charge in [-0.25, -0.2) is 0 Å². The zero-order valence-corrected chi connectivity index (χ0v) is 9.88. The Bertz CT molecular complexity index is 210. The molecule has 0 saturated heterocycles. The Hall–Kier alpha value is -0.160. The average Bonchev–Trinajstić information content (AvgIpc) is 2.37. The van der Waals surface area contributed by atoms with Crippen LogP contribution in [-0.4, -0.2) is 44.8 Å². The van der Waals surface area contributed by atoms with Gasteiger partial charge in [0.1, 0.15) is 0 Å². The van der Waals surface area contributed by atoms with Gasteiger partial charge in [-0.2, -0.15) is 0 Å². The summed E-state index contributed by atoms with van der Waals surface area (Å²) in [6.07, 6.45) is 2.01. The number of ether oxygens (including phenoxy) is 2. The minimum Gasteiger partial charge on any atom is -0.393 e. The molecule has 0 aromatic heterocycles. The van der Waals surface area contributed by atoms with Crippen LogP contribution in [0.15, 0.2) is 0 Å². The van der Waals surface area contributed by atoms with Crippen LogP contribution in [0.2, 0.25) is 0 Å². The maximum atomic E-state index is 7.36. The van der Waals surface area contributed by atoms with Gasteiger partial charge in [0, 0.05) is 15.1 Å². The monoisotopic (exact) mass is 224 g/mol. The van der Waals surface area contributed by atoms with Crippen LogP contribution in [0.5, 0.6) is 0 Å². The second-order valence-electron chi connectivity index (χ2n) is 4.24. The van der Waals surface area contributed by atoms with Gasteiger partial charge in [-0.15, -0.1) is 0 Å². The van der Waals surface area contributed by atoms with Crippen molar-refractivity contribution in [1.29, 1.82) is 2.86 Å². The minimum absolute atomic E-state index is 0.0651. The van der Waals surface area contributed by atoms with Gasteiger partial charge in [0.15, 0.2) is 5.79 Å². The lowest BCUT2D eigenvalue weighted by molar-refractivity contribution is -0.197. The van der Waals surface area contributed by atoms with E-state index in [-0.39, 0.29) is 13.5 Å². The molecule has 0 heterocycles. The molecule has 0 fully saturated rings. The van der Waals surface area contributed by atoms with E-state index >= 15 is 0 Å². The summed E-state index contributed by atoms with van der Waals surface area (Å²) in [6, 6.07) is 0. The van der Waals surface area contributed by atoms with Crippen molar-refractivity contribution in [2.75, 3.05) is 20.3 Å². The van der Waals surface area contributed by atoms with Gasteiger partial charge in [0.2, 0.25) is 2.86 Å². The molecule has 4 heteroatoms. The number of methoxy groups -OCH3 is 1. The van der Waals surface area contributed by atoms with Gasteiger partial charge in [0.25, 0.3) is 0 Å². The number of aliphatic hydroxyl groups excluding tert-OH is 1. The van der Waals surface area contributed by atoms with E-state index in [9.17, 15) is 0 Å². The number of unbranched alkanes of at least 4 members (excludes halogenated alkanes) is 1. The summed E-state index contributed by atoms with van der Waals surface area (Å²) < 4.78 is 31.7. The molecule has 0 aliphatic carbocycles. The molecule has 0 aliphatic heterocycles. The Balaban J connectivity index is 3.87. The Morgan fingerprint density at radius 2 is 2.20 bits per heavy atom. The molecule has 0 spiro atoms. The molecule has 0 saturated carbocycles. The number of hydrogen-bond donors (Lipinski definition) is 2. The molecule has 0 aliphatic rings. The van der Waals surface area contributed by atoms with Crippen molar-refractivity contribution >= 4 is 0 Å². The largest absolute Gasteiger partial charge is 0.393 e. The van der Waals surface area contributed by atoms with Crippen LogP contribution in [0.3, 0.4) is 0 Å². The highest BCUT2D eigenvalue weighted by molar-refractivity contribution is 4.70. The third-order valence-corrected chi connectivity index (χ3v) is 2.23. The first-order valence-electron chi connectivity index (χ1n) is 6.68. The lowest BCUT2D eigenvalue weighted by Crippen LogP contribution is -2.29. The maximum Gasteiger partial charge on any atom is 0.211 e. The van der Waals surface area contributed by atoms with Crippen LogP contribution in [-0.2, 0) is 9.47 Å². The van der Waals surface area contributed by atoms with Gasteiger partial charge in [0.05, 0.1) is 12.2 Å². The molecule has 4 nitrogen and oxygen atoms in total. The molecular formula is C11H24O4. The van der Waals surface area contributed by atoms with E-state index < -0.39 is 11.4 Å². The second kappa shape index (κ2) is 6.43. The summed E-state index contributed by atoms with van der Waals surface area (Å²) in [6.45, 7) is 4.04. The van der Waals surface area contributed by atoms with E-state index in [4.69, 9.17) is 13.7 Å².